The van der Waals surface area contributed by atoms with E-state index in [1.807, 2.05) is 6.33 Å². The summed E-state index contributed by atoms with van der Waals surface area (Å²) in [6.07, 6.45) is 7.00. The van der Waals surface area contributed by atoms with Gasteiger partial charge < -0.3 is 15.2 Å². The number of fused-ring (bicyclic) bond motifs is 2. The van der Waals surface area contributed by atoms with Crippen LogP contribution in [0.3, 0.4) is 0 Å². The molecule has 20 heavy (non-hydrogen) atoms. The molecule has 0 aliphatic carbocycles. The van der Waals surface area contributed by atoms with E-state index < -0.39 is 0 Å². The highest BCUT2D eigenvalue weighted by molar-refractivity contribution is 5.04. The molecule has 2 atom stereocenters. The van der Waals surface area contributed by atoms with Gasteiger partial charge in [-0.25, -0.2) is 0 Å². The van der Waals surface area contributed by atoms with Crippen LogP contribution in [0, 0.1) is 0 Å². The van der Waals surface area contributed by atoms with Crippen LogP contribution >= 0.6 is 0 Å². The topological polar surface area (TPSA) is 63.2 Å². The summed E-state index contributed by atoms with van der Waals surface area (Å²) in [5.41, 5.74) is 6.43. The van der Waals surface area contributed by atoms with Gasteiger partial charge in [0.2, 0.25) is 0 Å². The zero-order chi connectivity index (χ0) is 13.6. The Kier molecular flexibility index (Phi) is 3.05. The Morgan fingerprint density at radius 1 is 1.30 bits per heavy atom. The lowest BCUT2D eigenvalue weighted by Crippen LogP contribution is -2.62. The number of aromatic nitrogens is 3. The number of piperidine rings is 1. The highest BCUT2D eigenvalue weighted by Crippen LogP contribution is 2.37. The van der Waals surface area contributed by atoms with Gasteiger partial charge in [0.15, 0.2) is 0 Å². The molecule has 6 heteroatoms. The van der Waals surface area contributed by atoms with E-state index in [0.717, 1.165) is 38.0 Å². The molecule has 0 radical (unpaired) electrons. The summed E-state index contributed by atoms with van der Waals surface area (Å²) in [4.78, 5) is 5.26. The first-order valence-electron chi connectivity index (χ1n) is 7.87. The fourth-order valence-corrected chi connectivity index (χ4v) is 4.39. The second kappa shape index (κ2) is 4.79. The molecule has 0 aromatic carbocycles. The third-order valence-corrected chi connectivity index (χ3v) is 5.67. The lowest BCUT2D eigenvalue weighted by Gasteiger charge is -2.51. The van der Waals surface area contributed by atoms with Gasteiger partial charge in [-0.1, -0.05) is 0 Å². The second-order valence-electron chi connectivity index (χ2n) is 6.58. The average molecular weight is 276 g/mol. The van der Waals surface area contributed by atoms with Gasteiger partial charge in [0.05, 0.1) is 6.54 Å². The van der Waals surface area contributed by atoms with Crippen molar-refractivity contribution in [3.63, 3.8) is 0 Å². The third-order valence-electron chi connectivity index (χ3n) is 5.67. The minimum Gasteiger partial charge on any atom is -0.329 e. The molecule has 2 N–H and O–H groups in total. The first-order valence-corrected chi connectivity index (χ1v) is 7.87. The Morgan fingerprint density at radius 2 is 2.25 bits per heavy atom. The SMILES string of the molecule is NCC1(N2CCn3cnnc3C2)CCN2CCCC2C1. The maximum absolute atomic E-state index is 6.24. The fourth-order valence-electron chi connectivity index (χ4n) is 4.39. The number of hydrogen-bond acceptors (Lipinski definition) is 5. The van der Waals surface area contributed by atoms with Crippen molar-refractivity contribution in [2.75, 3.05) is 26.2 Å². The van der Waals surface area contributed by atoms with E-state index in [1.165, 1.54) is 38.8 Å². The van der Waals surface area contributed by atoms with Crippen molar-refractivity contribution in [2.24, 2.45) is 5.73 Å². The van der Waals surface area contributed by atoms with Crippen LogP contribution in [0.5, 0.6) is 0 Å². The normalized spacial score (nSPS) is 35.0. The Morgan fingerprint density at radius 3 is 3.15 bits per heavy atom. The van der Waals surface area contributed by atoms with Gasteiger partial charge in [0, 0.05) is 37.8 Å². The van der Waals surface area contributed by atoms with Gasteiger partial charge in [0.1, 0.15) is 12.2 Å². The van der Waals surface area contributed by atoms with Gasteiger partial charge in [-0.05, 0) is 32.2 Å². The molecule has 0 saturated carbocycles. The maximum atomic E-state index is 6.24. The van der Waals surface area contributed by atoms with Crippen molar-refractivity contribution in [1.82, 2.24) is 24.6 Å². The molecule has 4 heterocycles. The van der Waals surface area contributed by atoms with E-state index in [2.05, 4.69) is 24.6 Å². The molecular formula is C14H24N6. The van der Waals surface area contributed by atoms with E-state index >= 15 is 0 Å². The Hall–Kier alpha value is -0.980. The van der Waals surface area contributed by atoms with Crippen LogP contribution in [0.15, 0.2) is 6.33 Å². The molecule has 2 fully saturated rings. The van der Waals surface area contributed by atoms with E-state index in [0.29, 0.717) is 0 Å². The summed E-state index contributed by atoms with van der Waals surface area (Å²) in [5.74, 6) is 1.10. The van der Waals surface area contributed by atoms with E-state index in [1.54, 1.807) is 0 Å². The smallest absolute Gasteiger partial charge is 0.147 e. The van der Waals surface area contributed by atoms with Crippen LogP contribution in [-0.2, 0) is 13.1 Å². The summed E-state index contributed by atoms with van der Waals surface area (Å²) in [6, 6.07) is 0.757. The molecule has 2 saturated heterocycles. The summed E-state index contributed by atoms with van der Waals surface area (Å²) < 4.78 is 2.17. The molecule has 0 amide bonds. The maximum Gasteiger partial charge on any atom is 0.147 e. The highest BCUT2D eigenvalue weighted by atomic mass is 15.4. The quantitative estimate of drug-likeness (QED) is 0.827. The largest absolute Gasteiger partial charge is 0.329 e. The van der Waals surface area contributed by atoms with Gasteiger partial charge in [-0.2, -0.15) is 0 Å². The monoisotopic (exact) mass is 276 g/mol. The Bertz CT molecular complexity index is 486. The fraction of sp³-hybridized carbons (Fsp3) is 0.857. The highest BCUT2D eigenvalue weighted by Gasteiger charge is 2.45. The minimum atomic E-state index is 0.183. The van der Waals surface area contributed by atoms with Crippen molar-refractivity contribution in [2.45, 2.75) is 50.4 Å². The molecule has 2 unspecified atom stereocenters. The molecule has 0 bridgehead atoms. The van der Waals surface area contributed by atoms with Gasteiger partial charge >= 0.3 is 0 Å². The molecule has 0 spiro atoms. The number of nitrogens with zero attached hydrogens (tertiary/aromatic N) is 5. The number of nitrogens with two attached hydrogens (primary N) is 1. The van der Waals surface area contributed by atoms with Crippen molar-refractivity contribution in [3.05, 3.63) is 12.2 Å². The van der Waals surface area contributed by atoms with E-state index in [4.69, 9.17) is 5.73 Å². The van der Waals surface area contributed by atoms with Crippen LogP contribution in [0.25, 0.3) is 0 Å². The second-order valence-corrected chi connectivity index (χ2v) is 6.58. The van der Waals surface area contributed by atoms with Crippen LogP contribution in [0.4, 0.5) is 0 Å². The number of hydrogen-bond donors (Lipinski definition) is 1. The molecule has 6 nitrogen and oxygen atoms in total. The predicted octanol–water partition coefficient (Wildman–Crippen LogP) is 0.0494. The molecule has 4 rings (SSSR count). The summed E-state index contributed by atoms with van der Waals surface area (Å²) in [7, 11) is 0. The Labute approximate surface area is 119 Å². The average Bonchev–Trinajstić information content (AvgIpc) is 3.14. The van der Waals surface area contributed by atoms with E-state index in [-0.39, 0.29) is 5.54 Å². The molecule has 3 aliphatic heterocycles. The Balaban J connectivity index is 1.56. The summed E-state index contributed by atoms with van der Waals surface area (Å²) >= 11 is 0. The van der Waals surface area contributed by atoms with Gasteiger partial charge in [-0.3, -0.25) is 4.90 Å². The van der Waals surface area contributed by atoms with Crippen molar-refractivity contribution < 1.29 is 0 Å². The minimum absolute atomic E-state index is 0.183. The standard InChI is InChI=1S/C14H24N6/c15-10-14(3-5-18-4-1-2-12(18)8-14)20-7-6-19-11-16-17-13(19)9-20/h11-12H,1-10,15H2. The molecule has 1 aromatic heterocycles. The predicted molar refractivity (Wildman–Crippen MR) is 76.0 cm³/mol. The zero-order valence-electron chi connectivity index (χ0n) is 12.0. The molecule has 110 valence electrons. The number of rotatable bonds is 2. The summed E-state index contributed by atoms with van der Waals surface area (Å²) in [6.45, 7) is 6.26. The first-order chi connectivity index (χ1) is 9.81. The molecular weight excluding hydrogens is 252 g/mol. The molecule has 1 aromatic rings. The van der Waals surface area contributed by atoms with Crippen LogP contribution < -0.4 is 5.73 Å². The lowest BCUT2D eigenvalue weighted by molar-refractivity contribution is -0.00666. The lowest BCUT2D eigenvalue weighted by atomic mass is 9.81. The van der Waals surface area contributed by atoms with Crippen molar-refractivity contribution in [3.8, 4) is 0 Å². The van der Waals surface area contributed by atoms with Gasteiger partial charge in [0.25, 0.3) is 0 Å². The van der Waals surface area contributed by atoms with E-state index in [9.17, 15) is 0 Å². The van der Waals surface area contributed by atoms with Crippen LogP contribution in [-0.4, -0.2) is 62.3 Å². The zero-order valence-corrected chi connectivity index (χ0v) is 12.0. The van der Waals surface area contributed by atoms with Gasteiger partial charge in [-0.15, -0.1) is 10.2 Å². The van der Waals surface area contributed by atoms with Crippen molar-refractivity contribution >= 4 is 0 Å². The first kappa shape index (κ1) is 12.7. The van der Waals surface area contributed by atoms with Crippen LogP contribution in [0.1, 0.15) is 31.5 Å². The van der Waals surface area contributed by atoms with Crippen LogP contribution in [0.2, 0.25) is 0 Å². The summed E-state index contributed by atoms with van der Waals surface area (Å²) in [5, 5.41) is 8.29. The third kappa shape index (κ3) is 1.89. The van der Waals surface area contributed by atoms with Crippen molar-refractivity contribution in [1.29, 1.82) is 0 Å². The molecule has 3 aliphatic rings.